The molecule has 56 heavy (non-hydrogen) atoms. The normalized spacial score (nSPS) is 12.1. The third-order valence-corrected chi connectivity index (χ3v) is 11.2. The number of benzene rings is 8. The number of nitriles is 1. The van der Waals surface area contributed by atoms with Crippen LogP contribution in [-0.2, 0) is 0 Å². The van der Waals surface area contributed by atoms with Gasteiger partial charge in [-0.15, -0.1) is 0 Å². The van der Waals surface area contributed by atoms with Crippen molar-refractivity contribution in [2.75, 3.05) is 0 Å². The topological polar surface area (TPSA) is 59.9 Å². The van der Waals surface area contributed by atoms with Gasteiger partial charge in [-0.25, -0.2) is 8.78 Å². The highest BCUT2D eigenvalue weighted by molar-refractivity contribution is 6.26. The van der Waals surface area contributed by atoms with E-state index in [4.69, 9.17) is 8.83 Å². The maximum atomic E-state index is 15.0. The molecule has 0 saturated carbocycles. The first-order valence-electron chi connectivity index (χ1n) is 18.3. The van der Waals surface area contributed by atoms with Crippen LogP contribution in [0.4, 0.5) is 8.78 Å². The summed E-state index contributed by atoms with van der Waals surface area (Å²) >= 11 is 0. The molecule has 4 heterocycles. The highest BCUT2D eigenvalue weighted by atomic mass is 19.1. The van der Waals surface area contributed by atoms with Gasteiger partial charge in [0, 0.05) is 43.9 Å². The Morgan fingerprint density at radius 2 is 0.911 bits per heavy atom. The Hall–Kier alpha value is -7.69. The molecule has 4 aromatic heterocycles. The summed E-state index contributed by atoms with van der Waals surface area (Å²) in [7, 11) is 0. The van der Waals surface area contributed by atoms with Crippen LogP contribution in [0.3, 0.4) is 0 Å². The molecule has 8 aromatic carbocycles. The number of nitrogens with zero attached hydrogens (tertiary/aromatic N) is 3. The van der Waals surface area contributed by atoms with E-state index in [-0.39, 0.29) is 11.1 Å². The predicted molar refractivity (Wildman–Crippen MR) is 220 cm³/mol. The molecule has 0 radical (unpaired) electrons. The van der Waals surface area contributed by atoms with Crippen LogP contribution in [0.2, 0.25) is 0 Å². The lowest BCUT2D eigenvalue weighted by Crippen LogP contribution is -2.06. The lowest BCUT2D eigenvalue weighted by atomic mass is 9.97. The fourth-order valence-corrected chi connectivity index (χ4v) is 9.01. The van der Waals surface area contributed by atoms with Crippen LogP contribution >= 0.6 is 0 Å². The molecule has 0 unspecified atom stereocenters. The van der Waals surface area contributed by atoms with Crippen LogP contribution in [0.25, 0.3) is 110 Å². The number of aromatic nitrogens is 2. The summed E-state index contributed by atoms with van der Waals surface area (Å²) in [6.07, 6.45) is 0. The molecule has 5 nitrogen and oxygen atoms in total. The molecule has 0 bridgehead atoms. The number of fused-ring (bicyclic) bond motifs is 14. The zero-order valence-corrected chi connectivity index (χ0v) is 29.3. The molecule has 262 valence electrons. The molecular weight excluding hydrogens is 701 g/mol. The monoisotopic (exact) mass is 725 g/mol. The Balaban J connectivity index is 1.34. The van der Waals surface area contributed by atoms with E-state index in [1.807, 2.05) is 84.9 Å². The van der Waals surface area contributed by atoms with Crippen molar-refractivity contribution in [3.8, 4) is 28.6 Å². The minimum absolute atomic E-state index is 0.261. The number of hydrogen-bond acceptors (Lipinski definition) is 3. The SMILES string of the molecule is N#Cc1cc(-n2c3ccccc3c3ccc4oc5ccccc5c4c32)c(-n2c3ccccc3c3ccc4oc5ccccc5c4c32)cc1-c1cc(F)cc(F)c1. The van der Waals surface area contributed by atoms with E-state index in [1.165, 1.54) is 12.1 Å². The quantitative estimate of drug-likeness (QED) is 0.182. The minimum Gasteiger partial charge on any atom is -0.456 e. The van der Waals surface area contributed by atoms with Crippen LogP contribution < -0.4 is 0 Å². The lowest BCUT2D eigenvalue weighted by molar-refractivity contribution is 0.584. The van der Waals surface area contributed by atoms with Gasteiger partial charge in [0.1, 0.15) is 34.0 Å². The summed E-state index contributed by atoms with van der Waals surface area (Å²) in [5, 5.41) is 18.8. The van der Waals surface area contributed by atoms with Crippen LogP contribution in [0, 0.1) is 23.0 Å². The molecule has 0 spiro atoms. The smallest absolute Gasteiger partial charge is 0.137 e. The predicted octanol–water partition coefficient (Wildman–Crippen LogP) is 13.5. The van der Waals surface area contributed by atoms with E-state index in [9.17, 15) is 14.0 Å². The van der Waals surface area contributed by atoms with Gasteiger partial charge >= 0.3 is 0 Å². The molecule has 0 atom stereocenters. The van der Waals surface area contributed by atoms with Crippen molar-refractivity contribution < 1.29 is 17.6 Å². The van der Waals surface area contributed by atoms with Crippen molar-refractivity contribution in [1.82, 2.24) is 9.13 Å². The zero-order chi connectivity index (χ0) is 37.2. The van der Waals surface area contributed by atoms with Crippen LogP contribution in [0.15, 0.2) is 160 Å². The number of halogens is 2. The molecule has 7 heteroatoms. The number of rotatable bonds is 3. The lowest BCUT2D eigenvalue weighted by Gasteiger charge is -2.20. The van der Waals surface area contributed by atoms with Gasteiger partial charge in [0.05, 0.1) is 55.8 Å². The van der Waals surface area contributed by atoms with Crippen molar-refractivity contribution in [2.45, 2.75) is 0 Å². The van der Waals surface area contributed by atoms with Crippen LogP contribution in [0.5, 0.6) is 0 Å². The number of para-hydroxylation sites is 4. The van der Waals surface area contributed by atoms with E-state index in [2.05, 4.69) is 63.7 Å². The van der Waals surface area contributed by atoms with Crippen molar-refractivity contribution in [3.05, 3.63) is 169 Å². The average molecular weight is 726 g/mol. The molecule has 0 N–H and O–H groups in total. The maximum Gasteiger partial charge on any atom is 0.137 e. The maximum absolute atomic E-state index is 15.0. The van der Waals surface area contributed by atoms with Gasteiger partial charge in [-0.05, 0) is 78.4 Å². The van der Waals surface area contributed by atoms with Crippen LogP contribution in [-0.4, -0.2) is 9.13 Å². The highest BCUT2D eigenvalue weighted by Crippen LogP contribution is 2.46. The summed E-state index contributed by atoms with van der Waals surface area (Å²) < 4.78 is 47.3. The molecule has 0 saturated heterocycles. The second-order valence-corrected chi connectivity index (χ2v) is 14.2. The van der Waals surface area contributed by atoms with Gasteiger partial charge in [0.15, 0.2) is 0 Å². The van der Waals surface area contributed by atoms with Gasteiger partial charge in [-0.3, -0.25) is 0 Å². The van der Waals surface area contributed by atoms with Crippen molar-refractivity contribution in [3.63, 3.8) is 0 Å². The first kappa shape index (κ1) is 30.7. The van der Waals surface area contributed by atoms with Crippen LogP contribution in [0.1, 0.15) is 5.56 Å². The van der Waals surface area contributed by atoms with E-state index in [0.29, 0.717) is 16.9 Å². The molecule has 12 rings (SSSR count). The summed E-state index contributed by atoms with van der Waals surface area (Å²) in [5.74, 6) is -1.45. The third kappa shape index (κ3) is 4.10. The second kappa shape index (κ2) is 11.2. The van der Waals surface area contributed by atoms with Gasteiger partial charge < -0.3 is 18.0 Å². The largest absolute Gasteiger partial charge is 0.456 e. The van der Waals surface area contributed by atoms with Crippen molar-refractivity contribution in [1.29, 1.82) is 5.26 Å². The number of hydrogen-bond donors (Lipinski definition) is 0. The molecule has 0 fully saturated rings. The first-order chi connectivity index (χ1) is 27.6. The van der Waals surface area contributed by atoms with E-state index in [1.54, 1.807) is 0 Å². The van der Waals surface area contributed by atoms with E-state index < -0.39 is 11.6 Å². The van der Waals surface area contributed by atoms with Gasteiger partial charge in [0.2, 0.25) is 0 Å². The van der Waals surface area contributed by atoms with E-state index >= 15 is 0 Å². The fraction of sp³-hybridized carbons (Fsp3) is 0. The average Bonchev–Trinajstić information content (AvgIpc) is 3.97. The Bertz CT molecular complexity index is 3690. The summed E-state index contributed by atoms with van der Waals surface area (Å²) in [5.41, 5.74) is 9.02. The summed E-state index contributed by atoms with van der Waals surface area (Å²) in [6, 6.07) is 50.2. The second-order valence-electron chi connectivity index (χ2n) is 14.2. The summed E-state index contributed by atoms with van der Waals surface area (Å²) in [4.78, 5) is 0. The molecular formula is C49H25F2N3O2. The van der Waals surface area contributed by atoms with Crippen molar-refractivity contribution >= 4 is 87.5 Å². The number of furan rings is 2. The Kier molecular flexibility index (Phi) is 6.13. The highest BCUT2D eigenvalue weighted by Gasteiger charge is 2.26. The molecule has 0 aliphatic rings. The Labute approximate surface area is 316 Å². The molecule has 0 amide bonds. The van der Waals surface area contributed by atoms with Gasteiger partial charge in [-0.2, -0.15) is 5.26 Å². The Morgan fingerprint density at radius 1 is 0.446 bits per heavy atom. The minimum atomic E-state index is -0.727. The first-order valence-corrected chi connectivity index (χ1v) is 18.3. The van der Waals surface area contributed by atoms with E-state index in [0.717, 1.165) is 93.6 Å². The zero-order valence-electron chi connectivity index (χ0n) is 29.3. The fourth-order valence-electron chi connectivity index (χ4n) is 9.01. The van der Waals surface area contributed by atoms with Gasteiger partial charge in [0.25, 0.3) is 0 Å². The Morgan fingerprint density at radius 3 is 1.43 bits per heavy atom. The third-order valence-electron chi connectivity index (χ3n) is 11.2. The molecule has 0 aliphatic heterocycles. The standard InChI is InChI=1S/C49H25F2N3O2/c50-29-21-27(22-30(51)24-29)37-25-41(54-39-14-6-2-10-32(39)34-18-20-45-47(49(34)54)36-12-4-8-16-43(36)56-45)40(23-28(37)26-52)53-38-13-5-1-9-31(38)33-17-19-44-46(48(33)53)35-11-3-7-15-42(35)55-44/h1-25H. The molecule has 0 aliphatic carbocycles. The summed E-state index contributed by atoms with van der Waals surface area (Å²) in [6.45, 7) is 0. The van der Waals surface area contributed by atoms with Gasteiger partial charge in [-0.1, -0.05) is 72.8 Å². The van der Waals surface area contributed by atoms with Crippen molar-refractivity contribution in [2.24, 2.45) is 0 Å². The molecule has 12 aromatic rings.